The zero-order valence-electron chi connectivity index (χ0n) is 19.2. The van der Waals surface area contributed by atoms with Gasteiger partial charge in [-0.05, 0) is 68.8 Å². The molecule has 2 aromatic carbocycles. The van der Waals surface area contributed by atoms with Crippen LogP contribution in [0.4, 0.5) is 10.1 Å². The second kappa shape index (κ2) is 9.46. The number of furan rings is 1. The second-order valence-corrected chi connectivity index (χ2v) is 8.62. The van der Waals surface area contributed by atoms with Gasteiger partial charge in [-0.25, -0.2) is 9.07 Å². The first-order valence-corrected chi connectivity index (χ1v) is 11.0. The van der Waals surface area contributed by atoms with Crippen molar-refractivity contribution in [3.05, 3.63) is 78.5 Å². The minimum Gasteiger partial charge on any atom is -0.467 e. The first kappa shape index (κ1) is 23.2. The Morgan fingerprint density at radius 1 is 1.12 bits per heavy atom. The number of carbonyl (C=O) groups excluding carboxylic acids is 2. The molecular formula is C25H26FN5O3. The van der Waals surface area contributed by atoms with Gasteiger partial charge in [0.2, 0.25) is 5.91 Å². The molecule has 0 fully saturated rings. The van der Waals surface area contributed by atoms with Gasteiger partial charge < -0.3 is 9.73 Å². The van der Waals surface area contributed by atoms with Crippen LogP contribution in [0.2, 0.25) is 0 Å². The third kappa shape index (κ3) is 4.83. The lowest BCUT2D eigenvalue weighted by Crippen LogP contribution is -2.51. The molecule has 34 heavy (non-hydrogen) atoms. The van der Waals surface area contributed by atoms with Crippen LogP contribution in [0.1, 0.15) is 39.0 Å². The minimum absolute atomic E-state index is 0.181. The maximum atomic E-state index is 13.7. The number of fused-ring (bicyclic) bond motifs is 1. The Hall–Kier alpha value is -4.01. The number of amides is 2. The number of carbonyl (C=O) groups is 2. The van der Waals surface area contributed by atoms with Crippen molar-refractivity contribution in [1.82, 2.24) is 20.3 Å². The van der Waals surface area contributed by atoms with Crippen molar-refractivity contribution in [3.63, 3.8) is 0 Å². The third-order valence-electron chi connectivity index (χ3n) is 5.74. The molecule has 2 amide bonds. The van der Waals surface area contributed by atoms with Crippen LogP contribution in [0.5, 0.6) is 0 Å². The molecule has 1 unspecified atom stereocenters. The Labute approximate surface area is 196 Å². The minimum atomic E-state index is -1.12. The van der Waals surface area contributed by atoms with Crippen LogP contribution in [-0.4, -0.2) is 32.3 Å². The molecule has 4 rings (SSSR count). The standard InChI is InChI=1S/C25H26FN5O3/c1-4-25(2,3)27-24(33)23(21-10-7-15-34-21)31(18-13-11-17(26)12-14-18)22(32)16-30-20-9-6-5-8-19(20)28-29-30/h5-15,23H,4,16H2,1-3H3,(H,27,33). The zero-order valence-corrected chi connectivity index (χ0v) is 19.2. The van der Waals surface area contributed by atoms with Crippen molar-refractivity contribution in [3.8, 4) is 0 Å². The van der Waals surface area contributed by atoms with E-state index < -0.39 is 29.2 Å². The first-order valence-electron chi connectivity index (χ1n) is 11.0. The van der Waals surface area contributed by atoms with Crippen molar-refractivity contribution in [2.24, 2.45) is 0 Å². The summed E-state index contributed by atoms with van der Waals surface area (Å²) in [6.45, 7) is 5.58. The van der Waals surface area contributed by atoms with E-state index in [1.807, 2.05) is 39.0 Å². The highest BCUT2D eigenvalue weighted by molar-refractivity contribution is 6.01. The van der Waals surface area contributed by atoms with Crippen LogP contribution in [0, 0.1) is 5.82 Å². The summed E-state index contributed by atoms with van der Waals surface area (Å²) >= 11 is 0. The van der Waals surface area contributed by atoms with E-state index in [-0.39, 0.29) is 12.3 Å². The summed E-state index contributed by atoms with van der Waals surface area (Å²) < 4.78 is 20.8. The van der Waals surface area contributed by atoms with E-state index in [0.29, 0.717) is 23.1 Å². The van der Waals surface area contributed by atoms with Gasteiger partial charge in [0.25, 0.3) is 5.91 Å². The summed E-state index contributed by atoms with van der Waals surface area (Å²) in [6, 6.07) is 14.9. The number of hydrogen-bond acceptors (Lipinski definition) is 5. The van der Waals surface area contributed by atoms with E-state index >= 15 is 0 Å². The topological polar surface area (TPSA) is 93.3 Å². The van der Waals surface area contributed by atoms with E-state index in [9.17, 15) is 14.0 Å². The Kier molecular flexibility index (Phi) is 6.45. The molecule has 0 aliphatic rings. The van der Waals surface area contributed by atoms with Gasteiger partial charge >= 0.3 is 0 Å². The molecule has 0 radical (unpaired) electrons. The molecule has 1 atom stereocenters. The lowest BCUT2D eigenvalue weighted by atomic mass is 10.0. The van der Waals surface area contributed by atoms with Gasteiger partial charge in [-0.3, -0.25) is 14.5 Å². The quantitative estimate of drug-likeness (QED) is 0.422. The molecule has 0 aliphatic carbocycles. The maximum Gasteiger partial charge on any atom is 0.251 e. The Balaban J connectivity index is 1.77. The third-order valence-corrected chi connectivity index (χ3v) is 5.74. The van der Waals surface area contributed by atoms with Crippen LogP contribution >= 0.6 is 0 Å². The SMILES string of the molecule is CCC(C)(C)NC(=O)C(c1ccco1)N(C(=O)Cn1nnc2ccccc21)c1ccc(F)cc1. The molecule has 176 valence electrons. The number of anilines is 1. The predicted octanol–water partition coefficient (Wildman–Crippen LogP) is 4.24. The number of rotatable bonds is 8. The summed E-state index contributed by atoms with van der Waals surface area (Å²) in [5.41, 5.74) is 1.16. The summed E-state index contributed by atoms with van der Waals surface area (Å²) in [4.78, 5) is 28.6. The molecule has 9 heteroatoms. The lowest BCUT2D eigenvalue weighted by molar-refractivity contribution is -0.128. The van der Waals surface area contributed by atoms with Gasteiger partial charge in [-0.15, -0.1) is 5.10 Å². The molecule has 0 aliphatic heterocycles. The van der Waals surface area contributed by atoms with Crippen molar-refractivity contribution >= 4 is 28.5 Å². The Morgan fingerprint density at radius 3 is 2.53 bits per heavy atom. The lowest BCUT2D eigenvalue weighted by Gasteiger charge is -2.33. The van der Waals surface area contributed by atoms with E-state index in [1.165, 1.54) is 40.1 Å². The van der Waals surface area contributed by atoms with E-state index in [4.69, 9.17) is 4.42 Å². The van der Waals surface area contributed by atoms with Gasteiger partial charge in [-0.1, -0.05) is 24.3 Å². The van der Waals surface area contributed by atoms with Crippen molar-refractivity contribution < 1.29 is 18.4 Å². The maximum absolute atomic E-state index is 13.7. The summed E-state index contributed by atoms with van der Waals surface area (Å²) in [5.74, 6) is -1.02. The molecule has 0 saturated heterocycles. The number of para-hydroxylation sites is 1. The predicted molar refractivity (Wildman–Crippen MR) is 125 cm³/mol. The average molecular weight is 464 g/mol. The molecule has 0 saturated carbocycles. The summed E-state index contributed by atoms with van der Waals surface area (Å²) in [6.07, 6.45) is 2.12. The monoisotopic (exact) mass is 463 g/mol. The number of benzene rings is 2. The smallest absolute Gasteiger partial charge is 0.251 e. The number of hydrogen-bond donors (Lipinski definition) is 1. The number of aromatic nitrogens is 3. The van der Waals surface area contributed by atoms with Crippen LogP contribution in [0.3, 0.4) is 0 Å². The van der Waals surface area contributed by atoms with Crippen molar-refractivity contribution in [2.75, 3.05) is 4.90 Å². The summed E-state index contributed by atoms with van der Waals surface area (Å²) in [7, 11) is 0. The van der Waals surface area contributed by atoms with Crippen LogP contribution < -0.4 is 10.2 Å². The molecule has 1 N–H and O–H groups in total. The fourth-order valence-electron chi connectivity index (χ4n) is 3.59. The average Bonchev–Trinajstić information content (AvgIpc) is 3.48. The van der Waals surface area contributed by atoms with Crippen LogP contribution in [-0.2, 0) is 16.1 Å². The second-order valence-electron chi connectivity index (χ2n) is 8.62. The molecule has 0 bridgehead atoms. The fourth-order valence-corrected chi connectivity index (χ4v) is 3.59. The largest absolute Gasteiger partial charge is 0.467 e. The highest BCUT2D eigenvalue weighted by Crippen LogP contribution is 2.30. The molecule has 0 spiro atoms. The number of halogens is 1. The summed E-state index contributed by atoms with van der Waals surface area (Å²) in [5, 5.41) is 11.2. The molecule has 8 nitrogen and oxygen atoms in total. The Morgan fingerprint density at radius 2 is 1.85 bits per heavy atom. The molecule has 2 heterocycles. The van der Waals surface area contributed by atoms with E-state index in [2.05, 4.69) is 15.6 Å². The van der Waals surface area contributed by atoms with Gasteiger partial charge in [0.05, 0.1) is 11.8 Å². The van der Waals surface area contributed by atoms with E-state index in [0.717, 1.165) is 0 Å². The normalized spacial score (nSPS) is 12.5. The van der Waals surface area contributed by atoms with Gasteiger partial charge in [0.1, 0.15) is 23.6 Å². The molecular weight excluding hydrogens is 437 g/mol. The van der Waals surface area contributed by atoms with Gasteiger partial charge in [-0.2, -0.15) is 0 Å². The highest BCUT2D eigenvalue weighted by atomic mass is 19.1. The van der Waals surface area contributed by atoms with Crippen molar-refractivity contribution in [2.45, 2.75) is 45.3 Å². The molecule has 2 aromatic heterocycles. The van der Waals surface area contributed by atoms with Crippen LogP contribution in [0.15, 0.2) is 71.3 Å². The molecule has 4 aromatic rings. The van der Waals surface area contributed by atoms with Gasteiger partial charge in [0, 0.05) is 11.2 Å². The van der Waals surface area contributed by atoms with Crippen molar-refractivity contribution in [1.29, 1.82) is 0 Å². The van der Waals surface area contributed by atoms with Crippen LogP contribution in [0.25, 0.3) is 11.0 Å². The van der Waals surface area contributed by atoms with E-state index in [1.54, 1.807) is 18.2 Å². The first-order chi connectivity index (χ1) is 16.3. The number of nitrogens with one attached hydrogen (secondary N) is 1. The van der Waals surface area contributed by atoms with Gasteiger partial charge in [0.15, 0.2) is 6.04 Å². The Bertz CT molecular complexity index is 1280. The highest BCUT2D eigenvalue weighted by Gasteiger charge is 2.37. The number of nitrogens with zero attached hydrogens (tertiary/aromatic N) is 4. The fraction of sp³-hybridized carbons (Fsp3) is 0.280. The zero-order chi connectivity index (χ0) is 24.3.